The van der Waals surface area contributed by atoms with Gasteiger partial charge in [-0.15, -0.1) is 0 Å². The molecule has 0 N–H and O–H groups in total. The number of nitrogens with zero attached hydrogens (tertiary/aromatic N) is 2. The SMILES string of the molecule is CCCCCCOC(=O)c1ccccc1-c1c2ccc(=[N+](CC)CC)cc-2oc2cc(N(CC)CC)ccc12. The zero-order valence-electron chi connectivity index (χ0n) is 24.3. The van der Waals surface area contributed by atoms with E-state index in [-0.39, 0.29) is 5.97 Å². The van der Waals surface area contributed by atoms with Crippen LogP contribution in [0.25, 0.3) is 33.4 Å². The Balaban J connectivity index is 1.93. The van der Waals surface area contributed by atoms with Crippen molar-refractivity contribution in [3.05, 3.63) is 71.6 Å². The van der Waals surface area contributed by atoms with Crippen molar-refractivity contribution in [2.45, 2.75) is 60.3 Å². The van der Waals surface area contributed by atoms with Crippen LogP contribution >= 0.6 is 0 Å². The van der Waals surface area contributed by atoms with Crippen molar-refractivity contribution in [2.24, 2.45) is 0 Å². The number of carbonyl (C=O) groups is 1. The molecule has 2 aliphatic rings. The Morgan fingerprint density at radius 2 is 1.62 bits per heavy atom. The number of anilines is 1. The third kappa shape index (κ3) is 6.19. The molecule has 0 saturated carbocycles. The maximum Gasteiger partial charge on any atom is 0.338 e. The van der Waals surface area contributed by atoms with Gasteiger partial charge in [-0.2, -0.15) is 0 Å². The van der Waals surface area contributed by atoms with Crippen molar-refractivity contribution >= 4 is 22.6 Å². The van der Waals surface area contributed by atoms with Crippen LogP contribution in [0, 0.1) is 0 Å². The fourth-order valence-corrected chi connectivity index (χ4v) is 5.38. The van der Waals surface area contributed by atoms with E-state index in [1.165, 1.54) is 0 Å². The van der Waals surface area contributed by atoms with Crippen molar-refractivity contribution in [1.82, 2.24) is 4.58 Å². The molecular weight excluding hydrogens is 484 g/mol. The number of fused-ring (bicyclic) bond motifs is 2. The van der Waals surface area contributed by atoms with Gasteiger partial charge in [-0.25, -0.2) is 9.37 Å². The standard InChI is InChI=1S/C34H43N2O3/c1-6-11-12-15-22-38-34(37)28-17-14-13-16-27(28)33-29-20-18-25(35(7-2)8-3)23-31(29)39-32-24-26(19-21-30(32)33)36(9-4)10-5/h13-14,16-21,23-24H,6-12,15,22H2,1-5H3/q+1. The number of carbonyl (C=O) groups excluding carboxylic acids is 1. The van der Waals surface area contributed by atoms with Gasteiger partial charge in [0, 0.05) is 47.4 Å². The van der Waals surface area contributed by atoms with E-state index >= 15 is 0 Å². The van der Waals surface area contributed by atoms with Crippen LogP contribution in [0.2, 0.25) is 0 Å². The van der Waals surface area contributed by atoms with Gasteiger partial charge in [0.2, 0.25) is 5.36 Å². The summed E-state index contributed by atoms with van der Waals surface area (Å²) in [5, 5.41) is 2.11. The second kappa shape index (κ2) is 13.5. The van der Waals surface area contributed by atoms with Crippen LogP contribution < -0.4 is 14.8 Å². The number of rotatable bonds is 12. The topological polar surface area (TPSA) is 45.7 Å². The van der Waals surface area contributed by atoms with Gasteiger partial charge in [0.1, 0.15) is 24.4 Å². The van der Waals surface area contributed by atoms with Crippen LogP contribution in [-0.4, -0.2) is 38.8 Å². The first kappa shape index (κ1) is 28.4. The van der Waals surface area contributed by atoms with E-state index in [4.69, 9.17) is 9.15 Å². The van der Waals surface area contributed by atoms with Crippen LogP contribution in [0.3, 0.4) is 0 Å². The lowest BCUT2D eigenvalue weighted by Crippen LogP contribution is -2.29. The maximum absolute atomic E-state index is 13.3. The molecule has 1 aliphatic carbocycles. The molecule has 0 saturated heterocycles. The van der Waals surface area contributed by atoms with Crippen LogP contribution in [0.5, 0.6) is 0 Å². The van der Waals surface area contributed by atoms with Gasteiger partial charge >= 0.3 is 5.97 Å². The minimum Gasteiger partial charge on any atom is -0.462 e. The first-order valence-corrected chi connectivity index (χ1v) is 14.7. The number of unbranched alkanes of at least 4 members (excludes halogenated alkanes) is 3. The lowest BCUT2D eigenvalue weighted by molar-refractivity contribution is 0.0498. The minimum atomic E-state index is -0.274. The molecule has 2 aromatic carbocycles. The van der Waals surface area contributed by atoms with Crippen LogP contribution in [0.15, 0.2) is 65.1 Å². The smallest absolute Gasteiger partial charge is 0.338 e. The number of hydrogen-bond acceptors (Lipinski definition) is 4. The molecular formula is C34H43N2O3+. The summed E-state index contributed by atoms with van der Waals surface area (Å²) in [6.45, 7) is 15.0. The Bertz CT molecular complexity index is 1440. The lowest BCUT2D eigenvalue weighted by atomic mass is 9.90. The Morgan fingerprint density at radius 3 is 2.33 bits per heavy atom. The molecule has 1 aliphatic heterocycles. The molecule has 0 atom stereocenters. The van der Waals surface area contributed by atoms with Crippen molar-refractivity contribution in [3.63, 3.8) is 0 Å². The van der Waals surface area contributed by atoms with Gasteiger partial charge in [-0.05, 0) is 63.9 Å². The van der Waals surface area contributed by atoms with Gasteiger partial charge in [-0.3, -0.25) is 0 Å². The van der Waals surface area contributed by atoms with Gasteiger partial charge in [-0.1, -0.05) is 44.4 Å². The molecule has 1 heterocycles. The summed E-state index contributed by atoms with van der Waals surface area (Å²) in [4.78, 5) is 15.6. The fourth-order valence-electron chi connectivity index (χ4n) is 5.38. The summed E-state index contributed by atoms with van der Waals surface area (Å²) in [7, 11) is 0. The van der Waals surface area contributed by atoms with Gasteiger partial charge in [0.25, 0.3) is 0 Å². The monoisotopic (exact) mass is 527 g/mol. The van der Waals surface area contributed by atoms with Crippen molar-refractivity contribution in [3.8, 4) is 22.5 Å². The molecule has 39 heavy (non-hydrogen) atoms. The van der Waals surface area contributed by atoms with Crippen molar-refractivity contribution < 1.29 is 13.9 Å². The molecule has 0 spiro atoms. The number of hydrogen-bond donors (Lipinski definition) is 0. The van der Waals surface area contributed by atoms with Crippen LogP contribution in [-0.2, 0) is 4.74 Å². The molecule has 5 nitrogen and oxygen atoms in total. The van der Waals surface area contributed by atoms with Crippen LogP contribution in [0.1, 0.15) is 70.7 Å². The quantitative estimate of drug-likeness (QED) is 0.0824. The maximum atomic E-state index is 13.3. The Labute approximate surface area is 233 Å². The summed E-state index contributed by atoms with van der Waals surface area (Å²) in [5.74, 6) is 0.532. The van der Waals surface area contributed by atoms with E-state index in [2.05, 4.69) is 80.5 Å². The minimum absolute atomic E-state index is 0.274. The third-order valence-corrected chi connectivity index (χ3v) is 7.59. The Hall–Kier alpha value is -3.60. The van der Waals surface area contributed by atoms with Gasteiger partial charge < -0.3 is 14.1 Å². The molecule has 4 rings (SSSR count). The number of esters is 1. The molecule has 0 radical (unpaired) electrons. The highest BCUT2D eigenvalue weighted by Crippen LogP contribution is 2.42. The molecule has 206 valence electrons. The fraction of sp³-hybridized carbons (Fsp3) is 0.412. The molecule has 0 unspecified atom stereocenters. The highest BCUT2D eigenvalue weighted by Gasteiger charge is 2.23. The third-order valence-electron chi connectivity index (χ3n) is 7.59. The first-order chi connectivity index (χ1) is 19.1. The predicted octanol–water partition coefficient (Wildman–Crippen LogP) is 7.60. The largest absolute Gasteiger partial charge is 0.462 e. The normalized spacial score (nSPS) is 11.2. The Kier molecular flexibility index (Phi) is 9.80. The lowest BCUT2D eigenvalue weighted by Gasteiger charge is -2.22. The van der Waals surface area contributed by atoms with Gasteiger partial charge in [0.15, 0.2) is 0 Å². The summed E-state index contributed by atoms with van der Waals surface area (Å²) in [5.41, 5.74) is 5.37. The van der Waals surface area contributed by atoms with Crippen molar-refractivity contribution in [1.29, 1.82) is 0 Å². The van der Waals surface area contributed by atoms with E-state index in [0.29, 0.717) is 12.2 Å². The van der Waals surface area contributed by atoms with Crippen molar-refractivity contribution in [2.75, 3.05) is 37.7 Å². The summed E-state index contributed by atoms with van der Waals surface area (Å²) in [6.07, 6.45) is 4.28. The van der Waals surface area contributed by atoms with Crippen LogP contribution in [0.4, 0.5) is 5.69 Å². The summed E-state index contributed by atoms with van der Waals surface area (Å²) >= 11 is 0. The second-order valence-corrected chi connectivity index (χ2v) is 9.92. The van der Waals surface area contributed by atoms with E-state index in [1.54, 1.807) is 0 Å². The van der Waals surface area contributed by atoms with E-state index < -0.39 is 0 Å². The molecule has 2 aromatic rings. The first-order valence-electron chi connectivity index (χ1n) is 14.7. The zero-order chi connectivity index (χ0) is 27.8. The van der Waals surface area contributed by atoms with E-state index in [0.717, 1.165) is 96.3 Å². The van der Waals surface area contributed by atoms with E-state index in [1.807, 2.05) is 24.3 Å². The van der Waals surface area contributed by atoms with Gasteiger partial charge in [0.05, 0.1) is 18.2 Å². The van der Waals surface area contributed by atoms with E-state index in [9.17, 15) is 4.79 Å². The molecule has 0 amide bonds. The molecule has 5 heteroatoms. The number of benzene rings is 3. The number of ether oxygens (including phenoxy) is 1. The average Bonchev–Trinajstić information content (AvgIpc) is 2.97. The summed E-state index contributed by atoms with van der Waals surface area (Å²) < 4.78 is 14.7. The molecule has 0 bridgehead atoms. The zero-order valence-corrected chi connectivity index (χ0v) is 24.3. The molecule has 0 aromatic heterocycles. The second-order valence-electron chi connectivity index (χ2n) is 9.92. The Morgan fingerprint density at radius 1 is 0.846 bits per heavy atom. The average molecular weight is 528 g/mol. The highest BCUT2D eigenvalue weighted by molar-refractivity contribution is 6.08. The molecule has 0 fully saturated rings. The summed E-state index contributed by atoms with van der Waals surface area (Å²) in [6, 6.07) is 20.6. The predicted molar refractivity (Wildman–Crippen MR) is 163 cm³/mol. The highest BCUT2D eigenvalue weighted by atomic mass is 16.5.